The fourth-order valence-electron chi connectivity index (χ4n) is 2.80. The van der Waals surface area contributed by atoms with Gasteiger partial charge in [0.05, 0.1) is 13.7 Å². The molecule has 1 heterocycles. The van der Waals surface area contributed by atoms with Crippen molar-refractivity contribution in [2.24, 2.45) is 0 Å². The van der Waals surface area contributed by atoms with Gasteiger partial charge in [-0.05, 0) is 57.9 Å². The molecule has 0 aromatic heterocycles. The third-order valence-corrected chi connectivity index (χ3v) is 4.83. The Kier molecular flexibility index (Phi) is 9.85. The number of thiol groups is 1. The van der Waals surface area contributed by atoms with Gasteiger partial charge in [-0.25, -0.2) is 13.6 Å². The first-order valence-electron chi connectivity index (χ1n) is 9.58. The Hall–Kier alpha value is -1.38. The molecule has 166 valence electrons. The minimum Gasteiger partial charge on any atom is -0.497 e. The van der Waals surface area contributed by atoms with Crippen molar-refractivity contribution in [2.75, 3.05) is 26.9 Å². The van der Waals surface area contributed by atoms with E-state index in [2.05, 4.69) is 17.9 Å². The summed E-state index contributed by atoms with van der Waals surface area (Å²) >= 11 is 4.34. The number of rotatable bonds is 5. The first-order valence-corrected chi connectivity index (χ1v) is 10.0. The van der Waals surface area contributed by atoms with Gasteiger partial charge in [0.25, 0.3) is 5.92 Å². The van der Waals surface area contributed by atoms with Crippen molar-refractivity contribution in [3.8, 4) is 5.75 Å². The van der Waals surface area contributed by atoms with Crippen molar-refractivity contribution < 1.29 is 27.8 Å². The molecule has 0 radical (unpaired) electrons. The van der Waals surface area contributed by atoms with E-state index < -0.39 is 23.5 Å². The number of benzene rings is 1. The van der Waals surface area contributed by atoms with E-state index in [1.807, 2.05) is 26.0 Å². The van der Waals surface area contributed by atoms with Crippen molar-refractivity contribution in [2.45, 2.75) is 69.9 Å². The molecule has 2 rings (SSSR count). The molecule has 8 heteroatoms. The molecule has 1 saturated heterocycles. The monoisotopic (exact) mass is 433 g/mol. The summed E-state index contributed by atoms with van der Waals surface area (Å²) < 4.78 is 41.4. The van der Waals surface area contributed by atoms with Gasteiger partial charge in [-0.1, -0.05) is 0 Å². The number of halogens is 2. The number of aryl methyl sites for hydroxylation is 2. The summed E-state index contributed by atoms with van der Waals surface area (Å²) in [6.45, 7) is 9.48. The highest BCUT2D eigenvalue weighted by Gasteiger charge is 2.36. The van der Waals surface area contributed by atoms with E-state index in [1.54, 1.807) is 27.9 Å². The number of ether oxygens (including phenoxy) is 3. The molecule has 1 fully saturated rings. The molecule has 0 spiro atoms. The molecule has 0 amide bonds. The van der Waals surface area contributed by atoms with Crippen molar-refractivity contribution >= 4 is 18.6 Å². The maximum atomic E-state index is 13.1. The van der Waals surface area contributed by atoms with Crippen LogP contribution in [0.15, 0.2) is 17.0 Å². The van der Waals surface area contributed by atoms with E-state index in [-0.39, 0.29) is 32.6 Å². The van der Waals surface area contributed by atoms with Crippen LogP contribution in [0, 0.1) is 13.8 Å². The van der Waals surface area contributed by atoms with Gasteiger partial charge < -0.3 is 19.5 Å². The normalized spacial score (nSPS) is 18.4. The Labute approximate surface area is 177 Å². The van der Waals surface area contributed by atoms with Crippen LogP contribution in [0.5, 0.6) is 5.75 Å². The highest BCUT2D eigenvalue weighted by atomic mass is 32.1. The Morgan fingerprint density at radius 1 is 1.28 bits per heavy atom. The number of piperidine rings is 1. The number of esters is 1. The summed E-state index contributed by atoms with van der Waals surface area (Å²) in [5.74, 6) is -2.21. The highest BCUT2D eigenvalue weighted by molar-refractivity contribution is 7.80. The smallest absolute Gasteiger partial charge is 0.332 e. The standard InChI is InChI=1S/C12H21F2NO3.C9H12OS/c1-11(2,3)18-10(16)8-17-7-9-6-12(13,14)4-5-15-9;1-6-4-8(10-3)5-7(2)9(6)11/h9,15H,4-8H2,1-3H3;4-5,11H,1-3H3. The minimum absolute atomic E-state index is 0.0921. The molecular weight excluding hydrogens is 400 g/mol. The van der Waals surface area contributed by atoms with Gasteiger partial charge in [0, 0.05) is 30.3 Å². The second-order valence-corrected chi connectivity index (χ2v) is 8.62. The zero-order chi connectivity index (χ0) is 22.2. The number of carbonyl (C=O) groups excluding carboxylic acids is 1. The zero-order valence-electron chi connectivity index (χ0n) is 18.1. The highest BCUT2D eigenvalue weighted by Crippen LogP contribution is 2.27. The lowest BCUT2D eigenvalue weighted by Crippen LogP contribution is -2.46. The van der Waals surface area contributed by atoms with Gasteiger partial charge in [-0.15, -0.1) is 12.6 Å². The summed E-state index contributed by atoms with van der Waals surface area (Å²) in [4.78, 5) is 12.4. The third-order valence-electron chi connectivity index (χ3n) is 4.13. The summed E-state index contributed by atoms with van der Waals surface area (Å²) in [7, 11) is 1.67. The fraction of sp³-hybridized carbons (Fsp3) is 0.667. The van der Waals surface area contributed by atoms with E-state index in [1.165, 1.54) is 0 Å². The van der Waals surface area contributed by atoms with Gasteiger partial charge in [0.15, 0.2) is 0 Å². The van der Waals surface area contributed by atoms with Crippen molar-refractivity contribution in [3.63, 3.8) is 0 Å². The van der Waals surface area contributed by atoms with Crippen LogP contribution in [0.4, 0.5) is 8.78 Å². The first kappa shape index (κ1) is 25.7. The molecule has 1 aromatic carbocycles. The predicted octanol–water partition coefficient (Wildman–Crippen LogP) is 4.33. The quantitative estimate of drug-likeness (QED) is 0.535. The second kappa shape index (κ2) is 11.1. The molecule has 0 aliphatic carbocycles. The summed E-state index contributed by atoms with van der Waals surface area (Å²) in [5, 5.41) is 2.94. The molecular formula is C21H33F2NO4S. The average Bonchev–Trinajstić information content (AvgIpc) is 2.57. The van der Waals surface area contributed by atoms with Gasteiger partial charge in [-0.3, -0.25) is 0 Å². The van der Waals surface area contributed by atoms with Crippen LogP contribution < -0.4 is 10.1 Å². The Morgan fingerprint density at radius 3 is 2.34 bits per heavy atom. The lowest BCUT2D eigenvalue weighted by molar-refractivity contribution is -0.160. The molecule has 0 saturated carbocycles. The fourth-order valence-corrected chi connectivity index (χ4v) is 2.93. The van der Waals surface area contributed by atoms with Crippen LogP contribution in [0.25, 0.3) is 0 Å². The summed E-state index contributed by atoms with van der Waals surface area (Å²) in [6, 6.07) is 3.56. The van der Waals surface area contributed by atoms with Crippen molar-refractivity contribution in [1.82, 2.24) is 5.32 Å². The Balaban J connectivity index is 0.000000326. The van der Waals surface area contributed by atoms with E-state index in [0.717, 1.165) is 21.8 Å². The maximum absolute atomic E-state index is 13.1. The van der Waals surface area contributed by atoms with Gasteiger partial charge in [-0.2, -0.15) is 0 Å². The minimum atomic E-state index is -2.63. The van der Waals surface area contributed by atoms with Crippen LogP contribution in [0.3, 0.4) is 0 Å². The Bertz CT molecular complexity index is 654. The largest absolute Gasteiger partial charge is 0.497 e. The predicted molar refractivity (Wildman–Crippen MR) is 112 cm³/mol. The Morgan fingerprint density at radius 2 is 1.86 bits per heavy atom. The number of hydrogen-bond acceptors (Lipinski definition) is 6. The van der Waals surface area contributed by atoms with Crippen LogP contribution in [-0.2, 0) is 14.3 Å². The number of carbonyl (C=O) groups is 1. The third kappa shape index (κ3) is 10.3. The van der Waals surface area contributed by atoms with Crippen LogP contribution in [0.2, 0.25) is 0 Å². The number of hydrogen-bond donors (Lipinski definition) is 2. The topological polar surface area (TPSA) is 56.8 Å². The first-order chi connectivity index (χ1) is 13.3. The van der Waals surface area contributed by atoms with E-state index in [0.29, 0.717) is 0 Å². The maximum Gasteiger partial charge on any atom is 0.332 e. The summed E-state index contributed by atoms with van der Waals surface area (Å²) in [6.07, 6.45) is -0.392. The zero-order valence-corrected chi connectivity index (χ0v) is 19.0. The van der Waals surface area contributed by atoms with Crippen molar-refractivity contribution in [3.05, 3.63) is 23.3 Å². The van der Waals surface area contributed by atoms with E-state index >= 15 is 0 Å². The van der Waals surface area contributed by atoms with Gasteiger partial charge >= 0.3 is 5.97 Å². The van der Waals surface area contributed by atoms with Crippen LogP contribution in [0.1, 0.15) is 44.7 Å². The molecule has 29 heavy (non-hydrogen) atoms. The molecule has 1 aliphatic rings. The van der Waals surface area contributed by atoms with Gasteiger partial charge in [0.2, 0.25) is 0 Å². The van der Waals surface area contributed by atoms with E-state index in [9.17, 15) is 13.6 Å². The molecule has 1 unspecified atom stereocenters. The lowest BCUT2D eigenvalue weighted by Gasteiger charge is -2.29. The molecule has 5 nitrogen and oxygen atoms in total. The SMILES string of the molecule is CC(C)(C)OC(=O)COCC1CC(F)(F)CCN1.COc1cc(C)c(S)c(C)c1. The number of nitrogens with one attached hydrogen (secondary N) is 1. The summed E-state index contributed by atoms with van der Waals surface area (Å²) in [5.41, 5.74) is 1.76. The van der Waals surface area contributed by atoms with Crippen LogP contribution in [-0.4, -0.2) is 50.4 Å². The molecule has 1 N–H and O–H groups in total. The second-order valence-electron chi connectivity index (χ2n) is 8.17. The molecule has 1 atom stereocenters. The molecule has 1 aliphatic heterocycles. The van der Waals surface area contributed by atoms with E-state index in [4.69, 9.17) is 14.2 Å². The van der Waals surface area contributed by atoms with Gasteiger partial charge in [0.1, 0.15) is 18.0 Å². The number of alkyl halides is 2. The average molecular weight is 434 g/mol. The number of methoxy groups -OCH3 is 1. The van der Waals surface area contributed by atoms with Crippen molar-refractivity contribution in [1.29, 1.82) is 0 Å². The molecule has 1 aromatic rings. The van der Waals surface area contributed by atoms with Crippen LogP contribution >= 0.6 is 12.6 Å². The lowest BCUT2D eigenvalue weighted by atomic mass is 10.0. The molecule has 0 bridgehead atoms.